The molecule has 0 saturated heterocycles. The Balaban J connectivity index is 0.00000288. The maximum atomic E-state index is 5.98. The molecule has 0 bridgehead atoms. The molecule has 0 atom stereocenters. The summed E-state index contributed by atoms with van der Waals surface area (Å²) in [5, 5.41) is 7.86. The highest BCUT2D eigenvalue weighted by atomic mass is 127. The number of aliphatic imine (C=N–C) groups is 1. The number of nitrogens with zero attached hydrogens (tertiary/aromatic N) is 4. The van der Waals surface area contributed by atoms with Crippen molar-refractivity contribution in [2.24, 2.45) is 4.99 Å². The van der Waals surface area contributed by atoms with Crippen LogP contribution in [0.15, 0.2) is 33.8 Å². The lowest BCUT2D eigenvalue weighted by Crippen LogP contribution is -2.39. The molecule has 0 aliphatic heterocycles. The normalized spacial score (nSPS) is 11.1. The van der Waals surface area contributed by atoms with Crippen LogP contribution < -0.4 is 5.32 Å². The first-order chi connectivity index (χ1) is 11.1. The van der Waals surface area contributed by atoms with Crippen molar-refractivity contribution in [2.75, 3.05) is 20.6 Å². The van der Waals surface area contributed by atoms with E-state index in [9.17, 15) is 0 Å². The lowest BCUT2D eigenvalue weighted by atomic mass is 10.2. The van der Waals surface area contributed by atoms with E-state index in [0.717, 1.165) is 30.9 Å². The molecule has 0 saturated carbocycles. The first-order valence-corrected chi connectivity index (χ1v) is 8.02. The fraction of sp³-hybridized carbons (Fsp3) is 0.438. The lowest BCUT2D eigenvalue weighted by Gasteiger charge is -2.21. The summed E-state index contributed by atoms with van der Waals surface area (Å²) >= 11 is 5.98. The van der Waals surface area contributed by atoms with Gasteiger partial charge in [0.2, 0.25) is 11.7 Å². The van der Waals surface area contributed by atoms with Crippen molar-refractivity contribution in [3.8, 4) is 11.4 Å². The van der Waals surface area contributed by atoms with Crippen LogP contribution in [0.4, 0.5) is 0 Å². The average molecular weight is 464 g/mol. The molecule has 1 N–H and O–H groups in total. The van der Waals surface area contributed by atoms with Gasteiger partial charge < -0.3 is 14.7 Å². The van der Waals surface area contributed by atoms with E-state index in [1.54, 1.807) is 13.1 Å². The van der Waals surface area contributed by atoms with Gasteiger partial charge in [-0.3, -0.25) is 4.99 Å². The molecule has 1 aromatic carbocycles. The predicted molar refractivity (Wildman–Crippen MR) is 108 cm³/mol. The molecule has 0 radical (unpaired) electrons. The fourth-order valence-electron chi connectivity index (χ4n) is 2.11. The summed E-state index contributed by atoms with van der Waals surface area (Å²) in [7, 11) is 3.77. The number of rotatable bonds is 6. The van der Waals surface area contributed by atoms with Crippen molar-refractivity contribution in [3.63, 3.8) is 0 Å². The second-order valence-corrected chi connectivity index (χ2v) is 5.63. The largest absolute Gasteiger partial charge is 0.347 e. The Hall–Kier alpha value is -1.35. The maximum Gasteiger partial charge on any atom is 0.246 e. The zero-order valence-electron chi connectivity index (χ0n) is 14.1. The summed E-state index contributed by atoms with van der Waals surface area (Å²) in [5.74, 6) is 1.84. The van der Waals surface area contributed by atoms with Crippen LogP contribution in [0.2, 0.25) is 5.02 Å². The SMILES string of the molecule is CCCCN(C)C(=NC)NCc1nc(-c2cccc(Cl)c2)no1.I. The van der Waals surface area contributed by atoms with E-state index in [4.69, 9.17) is 16.1 Å². The van der Waals surface area contributed by atoms with Crippen molar-refractivity contribution < 1.29 is 4.52 Å². The number of hydrogen-bond acceptors (Lipinski definition) is 4. The van der Waals surface area contributed by atoms with Crippen LogP contribution in [0.5, 0.6) is 0 Å². The Kier molecular flexibility index (Phi) is 9.05. The summed E-state index contributed by atoms with van der Waals surface area (Å²) in [6, 6.07) is 7.37. The van der Waals surface area contributed by atoms with Crippen LogP contribution in [0, 0.1) is 0 Å². The smallest absolute Gasteiger partial charge is 0.246 e. The van der Waals surface area contributed by atoms with E-state index in [-0.39, 0.29) is 24.0 Å². The molecule has 0 aliphatic carbocycles. The van der Waals surface area contributed by atoms with Crippen LogP contribution in [-0.2, 0) is 6.54 Å². The minimum atomic E-state index is 0. The van der Waals surface area contributed by atoms with E-state index < -0.39 is 0 Å². The van der Waals surface area contributed by atoms with Gasteiger partial charge in [0.25, 0.3) is 0 Å². The molecule has 0 spiro atoms. The molecule has 132 valence electrons. The molecule has 0 unspecified atom stereocenters. The van der Waals surface area contributed by atoms with Gasteiger partial charge in [-0.25, -0.2) is 0 Å². The van der Waals surface area contributed by atoms with Crippen molar-refractivity contribution in [1.82, 2.24) is 20.4 Å². The highest BCUT2D eigenvalue weighted by Gasteiger charge is 2.11. The van der Waals surface area contributed by atoms with Crippen molar-refractivity contribution >= 4 is 41.5 Å². The van der Waals surface area contributed by atoms with Gasteiger partial charge in [0.05, 0.1) is 6.54 Å². The van der Waals surface area contributed by atoms with Crippen molar-refractivity contribution in [1.29, 1.82) is 0 Å². The lowest BCUT2D eigenvalue weighted by molar-refractivity contribution is 0.371. The molecule has 0 amide bonds. The number of benzene rings is 1. The second kappa shape index (κ2) is 10.5. The van der Waals surface area contributed by atoms with Gasteiger partial charge in [-0.1, -0.05) is 42.2 Å². The zero-order valence-corrected chi connectivity index (χ0v) is 17.2. The molecule has 0 aliphatic rings. The first-order valence-electron chi connectivity index (χ1n) is 7.64. The van der Waals surface area contributed by atoms with E-state index in [1.807, 2.05) is 25.2 Å². The number of nitrogens with one attached hydrogen (secondary N) is 1. The molecule has 8 heteroatoms. The number of halogens is 2. The number of hydrogen-bond donors (Lipinski definition) is 1. The van der Waals surface area contributed by atoms with Gasteiger partial charge >= 0.3 is 0 Å². The number of unbranched alkanes of at least 4 members (excludes halogenated alkanes) is 1. The standard InChI is InChI=1S/C16H22ClN5O.HI/c1-4-5-9-22(3)16(18-2)19-11-14-20-15(21-23-14)12-7-6-8-13(17)10-12;/h6-8,10H,4-5,9,11H2,1-3H3,(H,18,19);1H. The summed E-state index contributed by atoms with van der Waals surface area (Å²) in [4.78, 5) is 10.7. The third-order valence-corrected chi connectivity index (χ3v) is 3.60. The van der Waals surface area contributed by atoms with Gasteiger partial charge in [0.1, 0.15) is 0 Å². The van der Waals surface area contributed by atoms with Crippen molar-refractivity contribution in [2.45, 2.75) is 26.3 Å². The number of aromatic nitrogens is 2. The van der Waals surface area contributed by atoms with Gasteiger partial charge in [0.15, 0.2) is 5.96 Å². The Morgan fingerprint density at radius 1 is 1.42 bits per heavy atom. The molecular formula is C16H23ClIN5O. The third kappa shape index (κ3) is 5.94. The summed E-state index contributed by atoms with van der Waals surface area (Å²) < 4.78 is 5.27. The molecule has 2 aromatic rings. The molecule has 0 fully saturated rings. The first kappa shape index (κ1) is 20.7. The van der Waals surface area contributed by atoms with Gasteiger partial charge in [-0.15, -0.1) is 24.0 Å². The van der Waals surface area contributed by atoms with E-state index in [0.29, 0.717) is 23.3 Å². The summed E-state index contributed by atoms with van der Waals surface area (Å²) in [5.41, 5.74) is 0.831. The van der Waals surface area contributed by atoms with Crippen LogP contribution >= 0.6 is 35.6 Å². The zero-order chi connectivity index (χ0) is 16.7. The van der Waals surface area contributed by atoms with E-state index >= 15 is 0 Å². The molecule has 2 rings (SSSR count). The van der Waals surface area contributed by atoms with Crippen LogP contribution in [0.3, 0.4) is 0 Å². The highest BCUT2D eigenvalue weighted by Crippen LogP contribution is 2.19. The maximum absolute atomic E-state index is 5.98. The average Bonchev–Trinajstić information content (AvgIpc) is 3.02. The number of guanidine groups is 1. The van der Waals surface area contributed by atoms with E-state index in [1.165, 1.54) is 0 Å². The van der Waals surface area contributed by atoms with Gasteiger partial charge in [-0.2, -0.15) is 4.98 Å². The highest BCUT2D eigenvalue weighted by molar-refractivity contribution is 14.0. The molecule has 6 nitrogen and oxygen atoms in total. The molecule has 1 heterocycles. The summed E-state index contributed by atoms with van der Waals surface area (Å²) in [6.07, 6.45) is 2.27. The predicted octanol–water partition coefficient (Wildman–Crippen LogP) is 3.82. The van der Waals surface area contributed by atoms with Crippen LogP contribution in [-0.4, -0.2) is 41.6 Å². The monoisotopic (exact) mass is 463 g/mol. The Morgan fingerprint density at radius 2 is 2.21 bits per heavy atom. The molecule has 24 heavy (non-hydrogen) atoms. The van der Waals surface area contributed by atoms with Gasteiger partial charge in [0, 0.05) is 31.2 Å². The minimum Gasteiger partial charge on any atom is -0.347 e. The second-order valence-electron chi connectivity index (χ2n) is 5.20. The van der Waals surface area contributed by atoms with Crippen molar-refractivity contribution in [3.05, 3.63) is 35.2 Å². The Bertz CT molecular complexity index is 661. The summed E-state index contributed by atoms with van der Waals surface area (Å²) in [6.45, 7) is 3.55. The van der Waals surface area contributed by atoms with Crippen LogP contribution in [0.1, 0.15) is 25.7 Å². The molecule has 1 aromatic heterocycles. The van der Waals surface area contributed by atoms with Crippen LogP contribution in [0.25, 0.3) is 11.4 Å². The topological polar surface area (TPSA) is 66.5 Å². The Morgan fingerprint density at radius 3 is 2.88 bits per heavy atom. The molecular weight excluding hydrogens is 441 g/mol. The third-order valence-electron chi connectivity index (χ3n) is 3.37. The van der Waals surface area contributed by atoms with Gasteiger partial charge in [-0.05, 0) is 18.6 Å². The Labute approximate surface area is 164 Å². The quantitative estimate of drug-likeness (QED) is 0.401. The van der Waals surface area contributed by atoms with E-state index in [2.05, 4.69) is 32.3 Å². The minimum absolute atomic E-state index is 0. The fourth-order valence-corrected chi connectivity index (χ4v) is 2.30.